The summed E-state index contributed by atoms with van der Waals surface area (Å²) in [7, 11) is -1.92. The Morgan fingerprint density at radius 3 is 1.23 bits per heavy atom. The van der Waals surface area contributed by atoms with Crippen LogP contribution in [-0.4, -0.2) is 74.3 Å². The lowest BCUT2D eigenvalue weighted by Gasteiger charge is -2.32. The van der Waals surface area contributed by atoms with Crippen LogP contribution in [0, 0.1) is 0 Å². The van der Waals surface area contributed by atoms with E-state index >= 15 is 0 Å². The van der Waals surface area contributed by atoms with Crippen LogP contribution < -0.4 is 0 Å². The van der Waals surface area contributed by atoms with E-state index < -0.39 is 62.1 Å². The average molecular weight is 616 g/mol. The van der Waals surface area contributed by atoms with Crippen LogP contribution in [-0.2, 0) is 37.2 Å². The molecule has 0 saturated carbocycles. The minimum atomic E-state index is -0.493. The second-order valence-electron chi connectivity index (χ2n) is 16.2. The lowest BCUT2D eigenvalue weighted by Crippen LogP contribution is -2.41. The third-order valence-electron chi connectivity index (χ3n) is 10.1. The van der Waals surface area contributed by atoms with Gasteiger partial charge in [0.1, 0.15) is 0 Å². The summed E-state index contributed by atoms with van der Waals surface area (Å²) in [6, 6.07) is 0. The molecule has 0 unspecified atom stereocenters. The minimum absolute atomic E-state index is 0.0112. The zero-order chi connectivity index (χ0) is 33.5. The molecule has 0 aromatic carbocycles. The molecule has 0 atom stereocenters. The van der Waals surface area contributed by atoms with Gasteiger partial charge in [-0.15, -0.1) is 0 Å². The van der Waals surface area contributed by atoms with E-state index in [2.05, 4.69) is 95.0 Å². The second kappa shape index (κ2) is 13.5. The van der Waals surface area contributed by atoms with E-state index in [1.165, 1.54) is 0 Å². The molecule has 12 heteroatoms. The van der Waals surface area contributed by atoms with Crippen molar-refractivity contribution in [1.29, 1.82) is 0 Å². The number of unbranched alkanes of at least 4 members (excludes halogenated alkanes) is 1. The summed E-state index contributed by atoms with van der Waals surface area (Å²) >= 11 is 0. The quantitative estimate of drug-likeness (QED) is 0.159. The van der Waals surface area contributed by atoms with Gasteiger partial charge in [0.2, 0.25) is 0 Å². The van der Waals surface area contributed by atoms with Crippen molar-refractivity contribution in [1.82, 2.24) is 0 Å². The standard InChI is InChI=1S/C32H60B4O8/c1-23(2)37-33(38-24(3)4)21-25(35-41-29(9,10)30(11,12)42-35)19-17-18-20-26(36-43-31(13,14)32(15,16)44-36)22-34-39-27(5,6)28(7,8)40-34/h21-24H,17-20H2,1-16H3/b25-21-,26-22-. The van der Waals surface area contributed by atoms with Gasteiger partial charge in [-0.25, -0.2) is 0 Å². The molecule has 3 aliphatic heterocycles. The fourth-order valence-corrected chi connectivity index (χ4v) is 5.16. The fraction of sp³-hybridized carbons (Fsp3) is 0.875. The number of rotatable bonds is 13. The Hall–Kier alpha value is -0.580. The van der Waals surface area contributed by atoms with Gasteiger partial charge in [0.05, 0.1) is 33.6 Å². The molecular formula is C32H60B4O8. The van der Waals surface area contributed by atoms with E-state index in [4.69, 9.17) is 37.2 Å². The van der Waals surface area contributed by atoms with E-state index in [9.17, 15) is 0 Å². The van der Waals surface area contributed by atoms with Gasteiger partial charge in [-0.3, -0.25) is 0 Å². The van der Waals surface area contributed by atoms with Crippen LogP contribution in [0.4, 0.5) is 0 Å². The third-order valence-corrected chi connectivity index (χ3v) is 10.1. The van der Waals surface area contributed by atoms with Crippen molar-refractivity contribution in [2.24, 2.45) is 0 Å². The maximum atomic E-state index is 6.49. The smallest absolute Gasteiger partial charge is 0.405 e. The summed E-state index contributed by atoms with van der Waals surface area (Å²) in [5.41, 5.74) is -0.564. The lowest BCUT2D eigenvalue weighted by atomic mass is 9.67. The van der Waals surface area contributed by atoms with Crippen LogP contribution in [0.1, 0.15) is 136 Å². The number of hydrogen-bond donors (Lipinski definition) is 0. The van der Waals surface area contributed by atoms with Gasteiger partial charge < -0.3 is 37.2 Å². The van der Waals surface area contributed by atoms with Gasteiger partial charge in [-0.05, 0) is 147 Å². The summed E-state index contributed by atoms with van der Waals surface area (Å²) in [6.07, 6.45) is 3.35. The summed E-state index contributed by atoms with van der Waals surface area (Å²) in [4.78, 5) is 0. The molecule has 3 heterocycles. The van der Waals surface area contributed by atoms with Crippen LogP contribution in [0.3, 0.4) is 0 Å². The molecule has 0 spiro atoms. The Bertz CT molecular complexity index is 939. The number of allylic oxidation sites excluding steroid dienone is 2. The van der Waals surface area contributed by atoms with Crippen molar-refractivity contribution in [2.75, 3.05) is 0 Å². The number of hydrogen-bond acceptors (Lipinski definition) is 8. The molecule has 44 heavy (non-hydrogen) atoms. The summed E-state index contributed by atoms with van der Waals surface area (Å²) in [5, 5.41) is 0. The van der Waals surface area contributed by atoms with E-state index in [1.54, 1.807) is 0 Å². The monoisotopic (exact) mass is 616 g/mol. The molecule has 3 fully saturated rings. The molecule has 3 rings (SSSR count). The molecule has 0 amide bonds. The van der Waals surface area contributed by atoms with Crippen molar-refractivity contribution >= 4 is 28.5 Å². The van der Waals surface area contributed by atoms with Crippen molar-refractivity contribution in [3.63, 3.8) is 0 Å². The van der Waals surface area contributed by atoms with Crippen LogP contribution in [0.25, 0.3) is 0 Å². The van der Waals surface area contributed by atoms with Crippen molar-refractivity contribution in [2.45, 2.75) is 182 Å². The van der Waals surface area contributed by atoms with E-state index in [0.717, 1.165) is 36.6 Å². The molecule has 0 N–H and O–H groups in total. The van der Waals surface area contributed by atoms with Gasteiger partial charge in [-0.1, -0.05) is 12.0 Å². The first-order valence-electron chi connectivity index (χ1n) is 16.7. The first-order chi connectivity index (χ1) is 19.9. The minimum Gasteiger partial charge on any atom is -0.405 e. The van der Waals surface area contributed by atoms with Gasteiger partial charge in [0.15, 0.2) is 0 Å². The van der Waals surface area contributed by atoms with Crippen LogP contribution in [0.15, 0.2) is 22.9 Å². The highest BCUT2D eigenvalue weighted by Gasteiger charge is 2.55. The normalized spacial score (nSPS) is 25.5. The maximum Gasteiger partial charge on any atom is 0.489 e. The maximum absolute atomic E-state index is 6.49. The molecule has 248 valence electrons. The van der Waals surface area contributed by atoms with Gasteiger partial charge in [-0.2, -0.15) is 0 Å². The summed E-state index contributed by atoms with van der Waals surface area (Å²) in [6.45, 7) is 33.0. The Kier molecular flexibility index (Phi) is 11.6. The van der Waals surface area contributed by atoms with Gasteiger partial charge in [0.25, 0.3) is 0 Å². The largest absolute Gasteiger partial charge is 0.489 e. The van der Waals surface area contributed by atoms with E-state index in [0.29, 0.717) is 0 Å². The van der Waals surface area contributed by atoms with Crippen molar-refractivity contribution in [3.8, 4) is 0 Å². The predicted molar refractivity (Wildman–Crippen MR) is 181 cm³/mol. The highest BCUT2D eigenvalue weighted by atomic mass is 16.7. The molecule has 0 aromatic heterocycles. The predicted octanol–water partition coefficient (Wildman–Crippen LogP) is 7.17. The Morgan fingerprint density at radius 1 is 0.545 bits per heavy atom. The Morgan fingerprint density at radius 2 is 0.864 bits per heavy atom. The van der Waals surface area contributed by atoms with Crippen molar-refractivity contribution < 1.29 is 37.2 Å². The fourth-order valence-electron chi connectivity index (χ4n) is 5.16. The van der Waals surface area contributed by atoms with Crippen LogP contribution in [0.5, 0.6) is 0 Å². The first kappa shape index (κ1) is 37.9. The highest BCUT2D eigenvalue weighted by Crippen LogP contribution is 2.42. The molecule has 0 bridgehead atoms. The van der Waals surface area contributed by atoms with Crippen LogP contribution in [0.2, 0.25) is 0 Å². The average Bonchev–Trinajstić information content (AvgIpc) is 3.27. The Labute approximate surface area is 270 Å². The van der Waals surface area contributed by atoms with Crippen LogP contribution >= 0.6 is 0 Å². The molecule has 0 aliphatic carbocycles. The molecule has 0 aromatic rings. The molecule has 0 radical (unpaired) electrons. The lowest BCUT2D eigenvalue weighted by molar-refractivity contribution is 0.00578. The Balaban J connectivity index is 1.81. The molecular weight excluding hydrogens is 556 g/mol. The van der Waals surface area contributed by atoms with E-state index in [1.807, 2.05) is 27.7 Å². The summed E-state index contributed by atoms with van der Waals surface area (Å²) < 4.78 is 50.9. The second-order valence-corrected chi connectivity index (χ2v) is 16.2. The molecule has 3 saturated heterocycles. The zero-order valence-corrected chi connectivity index (χ0v) is 30.7. The highest BCUT2D eigenvalue weighted by molar-refractivity contribution is 6.61. The summed E-state index contributed by atoms with van der Waals surface area (Å²) in [5.74, 6) is 4.12. The molecule has 8 nitrogen and oxygen atoms in total. The molecule has 3 aliphatic rings. The SMILES string of the molecule is CC(C)OB(/C=C(/CCCC/C(=C/B1OC(C)(C)C(C)(C)O1)B1OC(C)(C)C(C)(C)O1)B1OC(C)(C)C(C)(C)O1)OC(C)C. The third kappa shape index (κ3) is 8.85. The van der Waals surface area contributed by atoms with Gasteiger partial charge >= 0.3 is 28.5 Å². The van der Waals surface area contributed by atoms with Crippen molar-refractivity contribution in [3.05, 3.63) is 22.9 Å². The van der Waals surface area contributed by atoms with Gasteiger partial charge in [0, 0.05) is 12.2 Å². The first-order valence-corrected chi connectivity index (χ1v) is 16.7. The van der Waals surface area contributed by atoms with E-state index in [-0.39, 0.29) is 12.2 Å². The topological polar surface area (TPSA) is 73.8 Å². The zero-order valence-electron chi connectivity index (χ0n) is 30.7.